The van der Waals surface area contributed by atoms with Crippen molar-refractivity contribution in [3.63, 3.8) is 0 Å². The lowest BCUT2D eigenvalue weighted by Crippen LogP contribution is -2.32. The van der Waals surface area contributed by atoms with Crippen LogP contribution in [0.2, 0.25) is 0 Å². The standard InChI is InChI=1S/C14H17BrN2/c1-10(8-16)17-9-11-2-3-13-7-14(15)5-4-12(13)6-11/h2-7,10,17H,8-9,16H2,1H3/t10-/m0/s1. The van der Waals surface area contributed by atoms with E-state index in [2.05, 4.69) is 64.6 Å². The van der Waals surface area contributed by atoms with Crippen molar-refractivity contribution in [1.29, 1.82) is 0 Å². The molecule has 2 rings (SSSR count). The molecule has 0 aliphatic rings. The maximum absolute atomic E-state index is 5.58. The minimum absolute atomic E-state index is 0.357. The van der Waals surface area contributed by atoms with Gasteiger partial charge in [0.2, 0.25) is 0 Å². The second-order valence-electron chi connectivity index (χ2n) is 4.34. The van der Waals surface area contributed by atoms with E-state index in [0.717, 1.165) is 11.0 Å². The summed E-state index contributed by atoms with van der Waals surface area (Å²) in [5.74, 6) is 0. The second-order valence-corrected chi connectivity index (χ2v) is 5.26. The van der Waals surface area contributed by atoms with Crippen LogP contribution in [0.25, 0.3) is 10.8 Å². The van der Waals surface area contributed by atoms with Crippen LogP contribution in [0.3, 0.4) is 0 Å². The van der Waals surface area contributed by atoms with Crippen molar-refractivity contribution in [2.75, 3.05) is 6.54 Å². The molecule has 3 N–H and O–H groups in total. The molecule has 0 aromatic heterocycles. The van der Waals surface area contributed by atoms with Crippen molar-refractivity contribution in [3.8, 4) is 0 Å². The molecule has 90 valence electrons. The molecule has 2 aromatic carbocycles. The number of halogens is 1. The maximum Gasteiger partial charge on any atom is 0.0208 e. The van der Waals surface area contributed by atoms with Crippen LogP contribution >= 0.6 is 15.9 Å². The van der Waals surface area contributed by atoms with E-state index in [-0.39, 0.29) is 0 Å². The Morgan fingerprint density at radius 2 is 1.88 bits per heavy atom. The molecule has 0 saturated heterocycles. The van der Waals surface area contributed by atoms with Gasteiger partial charge in [0.15, 0.2) is 0 Å². The number of hydrogen-bond acceptors (Lipinski definition) is 2. The number of benzene rings is 2. The smallest absolute Gasteiger partial charge is 0.0208 e. The van der Waals surface area contributed by atoms with E-state index < -0.39 is 0 Å². The van der Waals surface area contributed by atoms with Crippen LogP contribution in [0.1, 0.15) is 12.5 Å². The van der Waals surface area contributed by atoms with E-state index >= 15 is 0 Å². The first-order valence-electron chi connectivity index (χ1n) is 5.80. The molecule has 0 unspecified atom stereocenters. The monoisotopic (exact) mass is 292 g/mol. The van der Waals surface area contributed by atoms with Crippen LogP contribution in [-0.4, -0.2) is 12.6 Å². The summed E-state index contributed by atoms with van der Waals surface area (Å²) in [7, 11) is 0. The lowest BCUT2D eigenvalue weighted by Gasteiger charge is -2.11. The third-order valence-electron chi connectivity index (χ3n) is 2.87. The van der Waals surface area contributed by atoms with Crippen LogP contribution in [0.15, 0.2) is 40.9 Å². The van der Waals surface area contributed by atoms with Crippen molar-refractivity contribution in [2.45, 2.75) is 19.5 Å². The molecule has 0 bridgehead atoms. The summed E-state index contributed by atoms with van der Waals surface area (Å²) >= 11 is 3.48. The lowest BCUT2D eigenvalue weighted by atomic mass is 10.1. The minimum Gasteiger partial charge on any atom is -0.329 e. The molecule has 2 nitrogen and oxygen atoms in total. The highest BCUT2D eigenvalue weighted by molar-refractivity contribution is 9.10. The van der Waals surface area contributed by atoms with Crippen LogP contribution in [0.5, 0.6) is 0 Å². The first-order chi connectivity index (χ1) is 8.19. The molecular weight excluding hydrogens is 276 g/mol. The van der Waals surface area contributed by atoms with Crippen molar-refractivity contribution < 1.29 is 0 Å². The fourth-order valence-electron chi connectivity index (χ4n) is 1.75. The van der Waals surface area contributed by atoms with E-state index in [9.17, 15) is 0 Å². The molecule has 0 saturated carbocycles. The van der Waals surface area contributed by atoms with Crippen LogP contribution in [0.4, 0.5) is 0 Å². The molecule has 0 aliphatic heterocycles. The van der Waals surface area contributed by atoms with Crippen molar-refractivity contribution in [3.05, 3.63) is 46.4 Å². The first kappa shape index (κ1) is 12.6. The maximum atomic E-state index is 5.58. The highest BCUT2D eigenvalue weighted by Gasteiger charge is 2.00. The zero-order valence-electron chi connectivity index (χ0n) is 9.91. The van der Waals surface area contributed by atoms with Gasteiger partial charge in [-0.3, -0.25) is 0 Å². The third kappa shape index (κ3) is 3.28. The minimum atomic E-state index is 0.357. The van der Waals surface area contributed by atoms with Gasteiger partial charge in [-0.2, -0.15) is 0 Å². The summed E-state index contributed by atoms with van der Waals surface area (Å²) < 4.78 is 1.12. The van der Waals surface area contributed by atoms with Crippen LogP contribution in [0, 0.1) is 0 Å². The predicted molar refractivity (Wildman–Crippen MR) is 77.0 cm³/mol. The number of nitrogens with one attached hydrogen (secondary N) is 1. The zero-order chi connectivity index (χ0) is 12.3. The second kappa shape index (κ2) is 5.63. The van der Waals surface area contributed by atoms with Crippen molar-refractivity contribution in [1.82, 2.24) is 5.32 Å². The summed E-state index contributed by atoms with van der Waals surface area (Å²) in [5, 5.41) is 5.92. The molecule has 0 aliphatic carbocycles. The van der Waals surface area contributed by atoms with Gasteiger partial charge in [0.1, 0.15) is 0 Å². The van der Waals surface area contributed by atoms with Crippen molar-refractivity contribution in [2.24, 2.45) is 5.73 Å². The Hall–Kier alpha value is -0.900. The predicted octanol–water partition coefficient (Wildman–Crippen LogP) is 3.04. The Morgan fingerprint density at radius 3 is 2.65 bits per heavy atom. The summed E-state index contributed by atoms with van der Waals surface area (Å²) in [6.07, 6.45) is 0. The van der Waals surface area contributed by atoms with Gasteiger partial charge in [-0.25, -0.2) is 0 Å². The van der Waals surface area contributed by atoms with Gasteiger partial charge >= 0.3 is 0 Å². The highest BCUT2D eigenvalue weighted by Crippen LogP contribution is 2.20. The van der Waals surface area contributed by atoms with Gasteiger partial charge in [0.05, 0.1) is 0 Å². The summed E-state index contributed by atoms with van der Waals surface area (Å²) in [5.41, 5.74) is 6.87. The highest BCUT2D eigenvalue weighted by atomic mass is 79.9. The molecule has 0 fully saturated rings. The topological polar surface area (TPSA) is 38.0 Å². The van der Waals surface area contributed by atoms with E-state index in [1.165, 1.54) is 16.3 Å². The Labute approximate surface area is 110 Å². The normalized spacial score (nSPS) is 12.9. The van der Waals surface area contributed by atoms with Gasteiger partial charge in [0, 0.05) is 23.6 Å². The van der Waals surface area contributed by atoms with Gasteiger partial charge in [0.25, 0.3) is 0 Å². The molecule has 0 heterocycles. The SMILES string of the molecule is C[C@@H](CN)NCc1ccc2cc(Br)ccc2c1. The van der Waals surface area contributed by atoms with Crippen LogP contribution < -0.4 is 11.1 Å². The van der Waals surface area contributed by atoms with Gasteiger partial charge in [-0.1, -0.05) is 34.1 Å². The van der Waals surface area contributed by atoms with Gasteiger partial charge in [-0.15, -0.1) is 0 Å². The zero-order valence-corrected chi connectivity index (χ0v) is 11.5. The molecule has 17 heavy (non-hydrogen) atoms. The third-order valence-corrected chi connectivity index (χ3v) is 3.37. The molecule has 0 amide bonds. The average molecular weight is 293 g/mol. The Kier molecular flexibility index (Phi) is 4.15. The van der Waals surface area contributed by atoms with Crippen LogP contribution in [-0.2, 0) is 6.54 Å². The summed E-state index contributed by atoms with van der Waals surface area (Å²) in [6.45, 7) is 3.63. The van der Waals surface area contributed by atoms with E-state index in [4.69, 9.17) is 5.73 Å². The van der Waals surface area contributed by atoms with Gasteiger partial charge < -0.3 is 11.1 Å². The van der Waals surface area contributed by atoms with Gasteiger partial charge in [-0.05, 0) is 41.5 Å². The molecule has 2 aromatic rings. The Bertz CT molecular complexity index is 511. The number of hydrogen-bond donors (Lipinski definition) is 2. The van der Waals surface area contributed by atoms with E-state index in [0.29, 0.717) is 12.6 Å². The number of rotatable bonds is 4. The fourth-order valence-corrected chi connectivity index (χ4v) is 2.13. The average Bonchev–Trinajstić information content (AvgIpc) is 2.35. The number of nitrogens with two attached hydrogens (primary N) is 1. The number of fused-ring (bicyclic) bond motifs is 1. The Morgan fingerprint density at radius 1 is 1.18 bits per heavy atom. The summed E-state index contributed by atoms with van der Waals surface area (Å²) in [6, 6.07) is 13.2. The van der Waals surface area contributed by atoms with E-state index in [1.807, 2.05) is 0 Å². The Balaban J connectivity index is 2.17. The molecule has 0 radical (unpaired) electrons. The van der Waals surface area contributed by atoms with Crippen molar-refractivity contribution >= 4 is 26.7 Å². The molecule has 1 atom stereocenters. The molecular formula is C14H17BrN2. The summed E-state index contributed by atoms with van der Waals surface area (Å²) in [4.78, 5) is 0. The largest absolute Gasteiger partial charge is 0.329 e. The fraction of sp³-hybridized carbons (Fsp3) is 0.286. The molecule has 0 spiro atoms. The van der Waals surface area contributed by atoms with E-state index in [1.54, 1.807) is 0 Å². The first-order valence-corrected chi connectivity index (χ1v) is 6.60. The lowest BCUT2D eigenvalue weighted by molar-refractivity contribution is 0.556. The quantitative estimate of drug-likeness (QED) is 0.909. The molecule has 3 heteroatoms.